The van der Waals surface area contributed by atoms with Gasteiger partial charge in [0.25, 0.3) is 0 Å². The fourth-order valence-electron chi connectivity index (χ4n) is 6.48. The lowest BCUT2D eigenvalue weighted by molar-refractivity contribution is 0.486. The molecule has 0 N–H and O–H groups in total. The third kappa shape index (κ3) is 5.39. The number of benzene rings is 2. The van der Waals surface area contributed by atoms with Crippen LogP contribution in [0.15, 0.2) is 83.7 Å². The van der Waals surface area contributed by atoms with Crippen LogP contribution in [0.4, 0.5) is 0 Å². The monoisotopic (exact) mass is 474 g/mol. The summed E-state index contributed by atoms with van der Waals surface area (Å²) in [5.74, 6) is 0. The molecule has 3 aliphatic carbocycles. The molecule has 2 aromatic rings. The SMILES string of the molecule is CC(C1=C(P(C2CCCCC2)C2CCCCC2)C=CC1)P(c1ccccc1)c1ccccc1. The third-order valence-corrected chi connectivity index (χ3v) is 14.5. The Morgan fingerprint density at radius 2 is 1.15 bits per heavy atom. The molecule has 2 heteroatoms. The average molecular weight is 475 g/mol. The minimum absolute atomic E-state index is 0.0293. The Hall–Kier alpha value is -1.22. The van der Waals surface area contributed by atoms with Crippen molar-refractivity contribution in [2.24, 2.45) is 0 Å². The third-order valence-electron chi connectivity index (χ3n) is 8.12. The highest BCUT2D eigenvalue weighted by molar-refractivity contribution is 7.74. The second kappa shape index (κ2) is 11.5. The van der Waals surface area contributed by atoms with Crippen LogP contribution in [0.1, 0.15) is 77.6 Å². The van der Waals surface area contributed by atoms with Crippen LogP contribution in [0, 0.1) is 0 Å². The molecule has 174 valence electrons. The molecule has 1 atom stereocenters. The second-order valence-corrected chi connectivity index (χ2v) is 15.5. The Morgan fingerprint density at radius 1 is 0.667 bits per heavy atom. The van der Waals surface area contributed by atoms with E-state index in [0.717, 1.165) is 11.3 Å². The molecule has 0 amide bonds. The topological polar surface area (TPSA) is 0 Å². The van der Waals surface area contributed by atoms with E-state index in [1.54, 1.807) is 5.57 Å². The highest BCUT2D eigenvalue weighted by Crippen LogP contribution is 2.64. The van der Waals surface area contributed by atoms with Crippen molar-refractivity contribution in [3.8, 4) is 0 Å². The van der Waals surface area contributed by atoms with Gasteiger partial charge in [0.2, 0.25) is 0 Å². The second-order valence-electron chi connectivity index (χ2n) is 10.2. The fourth-order valence-corrected chi connectivity index (χ4v) is 13.4. The Kier molecular flexibility index (Phi) is 8.18. The van der Waals surface area contributed by atoms with Gasteiger partial charge in [-0.15, -0.1) is 0 Å². The van der Waals surface area contributed by atoms with E-state index in [4.69, 9.17) is 0 Å². The van der Waals surface area contributed by atoms with Crippen molar-refractivity contribution in [3.05, 3.63) is 83.7 Å². The standard InChI is InChI=1S/C31H40P2/c1-25(32(26-15-6-2-7-16-26)27-17-8-3-9-18-27)30-23-14-24-31(30)33(28-19-10-4-11-20-28)29-21-12-5-13-22-29/h2-3,6-9,14-18,24-25,28-29H,4-5,10-13,19-23H2,1H3. The van der Waals surface area contributed by atoms with Gasteiger partial charge in [0, 0.05) is 5.66 Å². The maximum atomic E-state index is 2.62. The van der Waals surface area contributed by atoms with E-state index < -0.39 is 7.92 Å². The zero-order chi connectivity index (χ0) is 22.5. The van der Waals surface area contributed by atoms with Crippen LogP contribution in [-0.2, 0) is 0 Å². The van der Waals surface area contributed by atoms with Crippen LogP contribution >= 0.6 is 15.8 Å². The first-order chi connectivity index (χ1) is 16.3. The molecule has 33 heavy (non-hydrogen) atoms. The fraction of sp³-hybridized carbons (Fsp3) is 0.484. The summed E-state index contributed by atoms with van der Waals surface area (Å²) in [6.45, 7) is 2.56. The number of hydrogen-bond donors (Lipinski definition) is 0. The van der Waals surface area contributed by atoms with E-state index in [2.05, 4.69) is 79.7 Å². The van der Waals surface area contributed by atoms with Gasteiger partial charge in [-0.25, -0.2) is 0 Å². The Morgan fingerprint density at radius 3 is 1.64 bits per heavy atom. The Bertz CT molecular complexity index is 876. The van der Waals surface area contributed by atoms with Gasteiger partial charge in [-0.05, 0) is 67.3 Å². The van der Waals surface area contributed by atoms with Crippen molar-refractivity contribution in [1.82, 2.24) is 0 Å². The highest BCUT2D eigenvalue weighted by atomic mass is 31.1. The van der Waals surface area contributed by atoms with E-state index in [0.29, 0.717) is 5.66 Å². The summed E-state index contributed by atoms with van der Waals surface area (Å²) in [7, 11) is -0.426. The molecular weight excluding hydrogens is 434 g/mol. The van der Waals surface area contributed by atoms with Crippen molar-refractivity contribution in [3.63, 3.8) is 0 Å². The maximum absolute atomic E-state index is 2.62. The Balaban J connectivity index is 1.53. The molecule has 3 aliphatic rings. The smallest absolute Gasteiger partial charge is 0.00650 e. The minimum Gasteiger partial charge on any atom is -0.0798 e. The van der Waals surface area contributed by atoms with Crippen LogP contribution in [0.3, 0.4) is 0 Å². The molecule has 5 rings (SSSR count). The van der Waals surface area contributed by atoms with Crippen LogP contribution in [0.25, 0.3) is 0 Å². The average Bonchev–Trinajstić information content (AvgIpc) is 3.36. The summed E-state index contributed by atoms with van der Waals surface area (Å²) in [6.07, 6.45) is 21.1. The molecular formula is C31H40P2. The molecule has 2 fully saturated rings. The summed E-state index contributed by atoms with van der Waals surface area (Å²) in [5.41, 5.74) is 4.37. The molecule has 0 heterocycles. The predicted octanol–water partition coefficient (Wildman–Crippen LogP) is 8.87. The lowest BCUT2D eigenvalue weighted by Crippen LogP contribution is -2.24. The van der Waals surface area contributed by atoms with Crippen LogP contribution in [0.2, 0.25) is 0 Å². The van der Waals surface area contributed by atoms with Crippen molar-refractivity contribution < 1.29 is 0 Å². The summed E-state index contributed by atoms with van der Waals surface area (Å²) in [6, 6.07) is 22.8. The van der Waals surface area contributed by atoms with Crippen LogP contribution < -0.4 is 10.6 Å². The van der Waals surface area contributed by atoms with Gasteiger partial charge in [0.05, 0.1) is 0 Å². The van der Waals surface area contributed by atoms with Gasteiger partial charge < -0.3 is 0 Å². The largest absolute Gasteiger partial charge is 0.0798 e. The maximum Gasteiger partial charge on any atom is 0.00650 e. The zero-order valence-corrected chi connectivity index (χ0v) is 22.1. The lowest BCUT2D eigenvalue weighted by Gasteiger charge is -2.40. The molecule has 2 saturated carbocycles. The molecule has 0 aromatic heterocycles. The first kappa shape index (κ1) is 23.5. The van der Waals surface area contributed by atoms with Crippen LogP contribution in [-0.4, -0.2) is 17.0 Å². The molecule has 0 bridgehead atoms. The van der Waals surface area contributed by atoms with E-state index in [1.807, 2.05) is 5.31 Å². The summed E-state index contributed by atoms with van der Waals surface area (Å²) >= 11 is 0. The van der Waals surface area contributed by atoms with Gasteiger partial charge >= 0.3 is 0 Å². The summed E-state index contributed by atoms with van der Waals surface area (Å²) in [5, 5.41) is 4.91. The van der Waals surface area contributed by atoms with Crippen molar-refractivity contribution in [2.45, 2.75) is 94.5 Å². The molecule has 0 nitrogen and oxygen atoms in total. The number of allylic oxidation sites excluding steroid dienone is 4. The van der Waals surface area contributed by atoms with E-state index >= 15 is 0 Å². The normalized spacial score (nSPS) is 21.3. The number of hydrogen-bond acceptors (Lipinski definition) is 0. The summed E-state index contributed by atoms with van der Waals surface area (Å²) < 4.78 is 0. The van der Waals surface area contributed by atoms with Gasteiger partial charge in [0.1, 0.15) is 0 Å². The Labute approximate surface area is 204 Å². The minimum atomic E-state index is -0.397. The first-order valence-corrected chi connectivity index (χ1v) is 16.3. The lowest BCUT2D eigenvalue weighted by atomic mass is 9.99. The molecule has 0 aliphatic heterocycles. The van der Waals surface area contributed by atoms with Gasteiger partial charge in [-0.2, -0.15) is 0 Å². The number of rotatable bonds is 7. The van der Waals surface area contributed by atoms with Crippen molar-refractivity contribution in [2.75, 3.05) is 0 Å². The summed E-state index contributed by atoms with van der Waals surface area (Å²) in [4.78, 5) is 0. The van der Waals surface area contributed by atoms with E-state index in [9.17, 15) is 0 Å². The molecule has 2 aromatic carbocycles. The molecule has 0 spiro atoms. The molecule has 1 unspecified atom stereocenters. The first-order valence-electron chi connectivity index (χ1n) is 13.4. The van der Waals surface area contributed by atoms with Crippen molar-refractivity contribution >= 4 is 26.5 Å². The van der Waals surface area contributed by atoms with Crippen LogP contribution in [0.5, 0.6) is 0 Å². The van der Waals surface area contributed by atoms with E-state index in [-0.39, 0.29) is 7.92 Å². The van der Waals surface area contributed by atoms with Gasteiger partial charge in [0.15, 0.2) is 0 Å². The van der Waals surface area contributed by atoms with Crippen molar-refractivity contribution in [1.29, 1.82) is 0 Å². The van der Waals surface area contributed by atoms with Gasteiger partial charge in [-0.1, -0.05) is 132 Å². The van der Waals surface area contributed by atoms with E-state index in [1.165, 1.54) is 81.2 Å². The highest BCUT2D eigenvalue weighted by Gasteiger charge is 2.36. The van der Waals surface area contributed by atoms with Gasteiger partial charge in [-0.3, -0.25) is 0 Å². The molecule has 0 radical (unpaired) electrons. The predicted molar refractivity (Wildman–Crippen MR) is 150 cm³/mol. The zero-order valence-electron chi connectivity index (χ0n) is 20.3. The quantitative estimate of drug-likeness (QED) is 0.352. The molecule has 0 saturated heterocycles.